The lowest BCUT2D eigenvalue weighted by Gasteiger charge is -2.15. The zero-order valence-electron chi connectivity index (χ0n) is 18.7. The third-order valence-corrected chi connectivity index (χ3v) is 6.54. The molecule has 1 aliphatic carbocycles. The Morgan fingerprint density at radius 2 is 2.03 bits per heavy atom. The van der Waals surface area contributed by atoms with Crippen LogP contribution in [0, 0.1) is 0 Å². The Bertz CT molecular complexity index is 1290. The summed E-state index contributed by atoms with van der Waals surface area (Å²) in [5.41, 5.74) is 7.27. The number of nitrogens with zero attached hydrogens (tertiary/aromatic N) is 5. The molecule has 1 N–H and O–H groups in total. The molecule has 1 aliphatic rings. The number of carbonyl (C=O) groups is 1. The van der Waals surface area contributed by atoms with Crippen LogP contribution in [-0.2, 0) is 24.1 Å². The number of nitrogens with one attached hydrogen (secondary N) is 1. The van der Waals surface area contributed by atoms with Crippen LogP contribution < -0.4 is 5.32 Å². The molecule has 0 fully saturated rings. The third kappa shape index (κ3) is 4.12. The summed E-state index contributed by atoms with van der Waals surface area (Å²) in [5, 5.41) is 8.27. The van der Waals surface area contributed by atoms with Gasteiger partial charge < -0.3 is 9.64 Å². The summed E-state index contributed by atoms with van der Waals surface area (Å²) in [6.07, 6.45) is 4.68. The van der Waals surface area contributed by atoms with Gasteiger partial charge in [-0.2, -0.15) is 5.10 Å². The molecule has 3 aromatic heterocycles. The number of rotatable bonds is 5. The summed E-state index contributed by atoms with van der Waals surface area (Å²) in [5.74, 6) is 0. The van der Waals surface area contributed by atoms with E-state index in [1.807, 2.05) is 23.0 Å². The fraction of sp³-hybridized carbons (Fsp3) is 0.250. The first-order chi connectivity index (χ1) is 16.0. The van der Waals surface area contributed by atoms with Crippen molar-refractivity contribution in [2.24, 2.45) is 0 Å². The average molecular weight is 461 g/mol. The first-order valence-corrected chi connectivity index (χ1v) is 11.5. The van der Waals surface area contributed by atoms with Crippen molar-refractivity contribution in [3.63, 3.8) is 0 Å². The maximum atomic E-state index is 11.7. The maximum absolute atomic E-state index is 11.7. The van der Waals surface area contributed by atoms with Crippen molar-refractivity contribution in [2.45, 2.75) is 19.4 Å². The second-order valence-electron chi connectivity index (χ2n) is 8.14. The molecule has 0 saturated heterocycles. The number of hydrogen-bond acceptors (Lipinski definition) is 7. The van der Waals surface area contributed by atoms with E-state index in [0.717, 1.165) is 52.6 Å². The third-order valence-electron chi connectivity index (χ3n) is 5.52. The van der Waals surface area contributed by atoms with Crippen LogP contribution in [0.4, 0.5) is 9.93 Å². The largest absolute Gasteiger partial charge is 0.453 e. The molecule has 0 unspecified atom stereocenters. The van der Waals surface area contributed by atoms with E-state index in [-0.39, 0.29) is 0 Å². The van der Waals surface area contributed by atoms with E-state index in [1.165, 1.54) is 29.6 Å². The fourth-order valence-electron chi connectivity index (χ4n) is 4.09. The predicted octanol–water partition coefficient (Wildman–Crippen LogP) is 4.40. The van der Waals surface area contributed by atoms with Crippen molar-refractivity contribution in [2.75, 3.05) is 26.5 Å². The number of ether oxygens (including phenoxy) is 1. The van der Waals surface area contributed by atoms with Gasteiger partial charge in [0.05, 0.1) is 34.8 Å². The van der Waals surface area contributed by atoms with E-state index in [2.05, 4.69) is 58.5 Å². The van der Waals surface area contributed by atoms with Gasteiger partial charge in [-0.15, -0.1) is 0 Å². The van der Waals surface area contributed by atoms with Crippen molar-refractivity contribution in [1.29, 1.82) is 0 Å². The standard InChI is InChI=1S/C24H24N6O2S/c1-29(2)14-15-6-8-17(9-7-15)30-21-18(20(28-30)16-5-4-12-25-13-16)10-11-19-22(21)33-23(26-19)27-24(31)32-3/h4-9,12-13H,10-11,14H2,1-3H3,(H,26,27,31). The molecule has 0 aliphatic heterocycles. The minimum atomic E-state index is -0.526. The summed E-state index contributed by atoms with van der Waals surface area (Å²) in [4.78, 5) is 23.8. The molecular formula is C24H24N6O2S. The van der Waals surface area contributed by atoms with Gasteiger partial charge in [0.15, 0.2) is 5.13 Å². The van der Waals surface area contributed by atoms with Crippen LogP contribution in [0.3, 0.4) is 0 Å². The summed E-state index contributed by atoms with van der Waals surface area (Å²) in [6, 6.07) is 12.4. The van der Waals surface area contributed by atoms with Gasteiger partial charge in [0.2, 0.25) is 0 Å². The number of aromatic nitrogens is 4. The SMILES string of the molecule is COC(=O)Nc1nc2c(s1)-c1c(c(-c3cccnc3)nn1-c1ccc(CN(C)C)cc1)CC2. The molecule has 8 nitrogen and oxygen atoms in total. The van der Waals surface area contributed by atoms with Crippen LogP contribution in [0.2, 0.25) is 0 Å². The summed E-state index contributed by atoms with van der Waals surface area (Å²) < 4.78 is 6.73. The highest BCUT2D eigenvalue weighted by atomic mass is 32.1. The first-order valence-electron chi connectivity index (χ1n) is 10.6. The molecule has 1 amide bonds. The highest BCUT2D eigenvalue weighted by Crippen LogP contribution is 2.44. The normalized spacial score (nSPS) is 12.4. The number of anilines is 1. The van der Waals surface area contributed by atoms with E-state index >= 15 is 0 Å². The minimum Gasteiger partial charge on any atom is -0.453 e. The lowest BCUT2D eigenvalue weighted by molar-refractivity contribution is 0.187. The Balaban J connectivity index is 1.64. The number of fused-ring (bicyclic) bond motifs is 3. The maximum Gasteiger partial charge on any atom is 0.413 e. The molecule has 4 aromatic rings. The van der Waals surface area contributed by atoms with Crippen LogP contribution in [0.5, 0.6) is 0 Å². The van der Waals surface area contributed by atoms with Crippen LogP contribution in [0.1, 0.15) is 16.8 Å². The number of aryl methyl sites for hydroxylation is 1. The van der Waals surface area contributed by atoms with Gasteiger partial charge in [0, 0.05) is 30.1 Å². The monoisotopic (exact) mass is 460 g/mol. The summed E-state index contributed by atoms with van der Waals surface area (Å²) in [6.45, 7) is 0.875. The molecule has 9 heteroatoms. The van der Waals surface area contributed by atoms with E-state index in [0.29, 0.717) is 5.13 Å². The number of amides is 1. The average Bonchev–Trinajstić information content (AvgIpc) is 3.40. The number of benzene rings is 1. The number of carbonyl (C=O) groups excluding carboxylic acids is 1. The van der Waals surface area contributed by atoms with Gasteiger partial charge in [-0.3, -0.25) is 10.3 Å². The van der Waals surface area contributed by atoms with E-state index in [1.54, 1.807) is 6.20 Å². The molecule has 0 atom stereocenters. The predicted molar refractivity (Wildman–Crippen MR) is 129 cm³/mol. The molecular weight excluding hydrogens is 436 g/mol. The van der Waals surface area contributed by atoms with Crippen LogP contribution in [-0.4, -0.2) is 51.9 Å². The molecule has 1 aromatic carbocycles. The van der Waals surface area contributed by atoms with Gasteiger partial charge in [-0.1, -0.05) is 23.5 Å². The van der Waals surface area contributed by atoms with Gasteiger partial charge in [-0.05, 0) is 56.8 Å². The molecule has 5 rings (SSSR count). The number of pyridine rings is 1. The Morgan fingerprint density at radius 1 is 1.21 bits per heavy atom. The van der Waals surface area contributed by atoms with Crippen molar-refractivity contribution in [1.82, 2.24) is 24.6 Å². The van der Waals surface area contributed by atoms with Crippen LogP contribution in [0.15, 0.2) is 48.8 Å². The molecule has 0 bridgehead atoms. The molecule has 3 heterocycles. The van der Waals surface area contributed by atoms with E-state index < -0.39 is 6.09 Å². The van der Waals surface area contributed by atoms with Crippen molar-refractivity contribution >= 4 is 22.6 Å². The molecule has 168 valence electrons. The Labute approximate surface area is 195 Å². The second-order valence-corrected chi connectivity index (χ2v) is 9.14. The lowest BCUT2D eigenvalue weighted by Crippen LogP contribution is -2.11. The van der Waals surface area contributed by atoms with Gasteiger partial charge >= 0.3 is 6.09 Å². The van der Waals surface area contributed by atoms with E-state index in [4.69, 9.17) is 9.84 Å². The minimum absolute atomic E-state index is 0.525. The quantitative estimate of drug-likeness (QED) is 0.475. The van der Waals surface area contributed by atoms with Crippen molar-refractivity contribution < 1.29 is 9.53 Å². The van der Waals surface area contributed by atoms with Crippen molar-refractivity contribution in [3.05, 3.63) is 65.6 Å². The Morgan fingerprint density at radius 3 is 2.73 bits per heavy atom. The number of methoxy groups -OCH3 is 1. The summed E-state index contributed by atoms with van der Waals surface area (Å²) in [7, 11) is 5.46. The Kier molecular flexibility index (Phi) is 5.65. The highest BCUT2D eigenvalue weighted by molar-refractivity contribution is 7.19. The molecule has 0 radical (unpaired) electrons. The lowest BCUT2D eigenvalue weighted by atomic mass is 9.95. The molecule has 0 spiro atoms. The van der Waals surface area contributed by atoms with Gasteiger partial charge in [0.1, 0.15) is 0 Å². The summed E-state index contributed by atoms with van der Waals surface area (Å²) >= 11 is 1.44. The van der Waals surface area contributed by atoms with E-state index in [9.17, 15) is 4.79 Å². The zero-order chi connectivity index (χ0) is 22.9. The second kappa shape index (κ2) is 8.76. The molecule has 0 saturated carbocycles. The van der Waals surface area contributed by atoms with Crippen LogP contribution >= 0.6 is 11.3 Å². The van der Waals surface area contributed by atoms with Gasteiger partial charge in [0.25, 0.3) is 0 Å². The molecule has 33 heavy (non-hydrogen) atoms. The topological polar surface area (TPSA) is 85.2 Å². The van der Waals surface area contributed by atoms with Gasteiger partial charge in [-0.25, -0.2) is 14.5 Å². The van der Waals surface area contributed by atoms with Crippen molar-refractivity contribution in [3.8, 4) is 27.5 Å². The smallest absolute Gasteiger partial charge is 0.413 e. The Hall–Kier alpha value is -3.56. The zero-order valence-corrected chi connectivity index (χ0v) is 19.5. The number of thiazole rings is 1. The number of hydrogen-bond donors (Lipinski definition) is 1. The fourth-order valence-corrected chi connectivity index (χ4v) is 5.15. The van der Waals surface area contributed by atoms with Crippen LogP contribution in [0.25, 0.3) is 27.5 Å². The highest BCUT2D eigenvalue weighted by Gasteiger charge is 2.30. The first kappa shape index (κ1) is 21.3.